The van der Waals surface area contributed by atoms with Crippen LogP contribution in [0.1, 0.15) is 21.7 Å². The molecule has 0 bridgehead atoms. The monoisotopic (exact) mass is 440 g/mol. The van der Waals surface area contributed by atoms with Crippen LogP contribution in [0.4, 0.5) is 0 Å². The second kappa shape index (κ2) is 9.47. The summed E-state index contributed by atoms with van der Waals surface area (Å²) in [6, 6.07) is 19.9. The Kier molecular flexibility index (Phi) is 6.50. The van der Waals surface area contributed by atoms with E-state index < -0.39 is 10.0 Å². The molecule has 1 aliphatic rings. The standard InChI is InChI=1S/C23H25N3O4S/c27-23(26-14-12-25(13-15-26)18-19-5-2-1-3-6-19)20-8-10-22(11-9-20)31(28,29)24-17-21-7-4-16-30-21/h1-11,16,24H,12-15,17-18H2/p+1. The van der Waals surface area contributed by atoms with Gasteiger partial charge in [0.25, 0.3) is 5.91 Å². The van der Waals surface area contributed by atoms with E-state index in [9.17, 15) is 13.2 Å². The molecular weight excluding hydrogens is 414 g/mol. The highest BCUT2D eigenvalue weighted by Crippen LogP contribution is 2.13. The highest BCUT2D eigenvalue weighted by Gasteiger charge is 2.25. The van der Waals surface area contributed by atoms with Crippen LogP contribution in [0.25, 0.3) is 0 Å². The first-order chi connectivity index (χ1) is 15.0. The maximum atomic E-state index is 12.8. The predicted molar refractivity (Wildman–Crippen MR) is 116 cm³/mol. The zero-order valence-corrected chi connectivity index (χ0v) is 18.0. The van der Waals surface area contributed by atoms with Crippen molar-refractivity contribution in [1.82, 2.24) is 9.62 Å². The quantitative estimate of drug-likeness (QED) is 0.580. The Hall–Kier alpha value is -2.94. The molecule has 31 heavy (non-hydrogen) atoms. The molecule has 0 radical (unpaired) electrons. The van der Waals surface area contributed by atoms with Crippen LogP contribution in [0, 0.1) is 0 Å². The summed E-state index contributed by atoms with van der Waals surface area (Å²) >= 11 is 0. The summed E-state index contributed by atoms with van der Waals surface area (Å²) in [6.45, 7) is 4.19. The summed E-state index contributed by atoms with van der Waals surface area (Å²) in [7, 11) is -3.68. The molecule has 0 unspecified atom stereocenters. The van der Waals surface area contributed by atoms with Crippen molar-refractivity contribution in [2.24, 2.45) is 0 Å². The second-order valence-corrected chi connectivity index (χ2v) is 9.40. The Morgan fingerprint density at radius 2 is 1.68 bits per heavy atom. The molecule has 0 spiro atoms. The Morgan fingerprint density at radius 3 is 2.32 bits per heavy atom. The van der Waals surface area contributed by atoms with Gasteiger partial charge in [0.15, 0.2) is 0 Å². The average Bonchev–Trinajstić information content (AvgIpc) is 3.33. The first kappa shape index (κ1) is 21.3. The summed E-state index contributed by atoms with van der Waals surface area (Å²) in [5, 5.41) is 0. The van der Waals surface area contributed by atoms with Gasteiger partial charge in [-0.1, -0.05) is 30.3 Å². The predicted octanol–water partition coefficient (Wildman–Crippen LogP) is 1.30. The molecule has 1 fully saturated rings. The minimum Gasteiger partial charge on any atom is -0.468 e. The van der Waals surface area contributed by atoms with E-state index in [-0.39, 0.29) is 17.3 Å². The zero-order valence-electron chi connectivity index (χ0n) is 17.2. The molecule has 3 aromatic rings. The van der Waals surface area contributed by atoms with Crippen LogP contribution < -0.4 is 9.62 Å². The maximum Gasteiger partial charge on any atom is 0.254 e. The van der Waals surface area contributed by atoms with Crippen molar-refractivity contribution in [2.45, 2.75) is 18.0 Å². The minimum absolute atomic E-state index is 0.0637. The number of hydrogen-bond donors (Lipinski definition) is 2. The van der Waals surface area contributed by atoms with Gasteiger partial charge in [0.2, 0.25) is 10.0 Å². The van der Waals surface area contributed by atoms with Crippen LogP contribution in [-0.2, 0) is 23.1 Å². The molecule has 2 N–H and O–H groups in total. The van der Waals surface area contributed by atoms with E-state index in [2.05, 4.69) is 16.9 Å². The smallest absolute Gasteiger partial charge is 0.254 e. The lowest BCUT2D eigenvalue weighted by atomic mass is 10.1. The molecule has 8 heteroatoms. The normalized spacial score (nSPS) is 15.2. The van der Waals surface area contributed by atoms with Crippen molar-refractivity contribution in [3.05, 3.63) is 89.9 Å². The molecule has 1 aliphatic heterocycles. The molecular formula is C23H26N3O4S+. The lowest BCUT2D eigenvalue weighted by Gasteiger charge is -2.32. The van der Waals surface area contributed by atoms with Crippen LogP contribution in [0.15, 0.2) is 82.3 Å². The Labute approximate surface area is 182 Å². The van der Waals surface area contributed by atoms with E-state index in [0.717, 1.165) is 19.6 Å². The number of rotatable bonds is 7. The molecule has 1 aromatic heterocycles. The molecule has 0 atom stereocenters. The number of amides is 1. The molecule has 1 saturated heterocycles. The number of nitrogens with one attached hydrogen (secondary N) is 2. The van der Waals surface area contributed by atoms with Crippen molar-refractivity contribution in [3.63, 3.8) is 0 Å². The Balaban J connectivity index is 1.32. The number of benzene rings is 2. The highest BCUT2D eigenvalue weighted by molar-refractivity contribution is 7.89. The average molecular weight is 441 g/mol. The van der Waals surface area contributed by atoms with Crippen molar-refractivity contribution in [1.29, 1.82) is 0 Å². The SMILES string of the molecule is O=C(c1ccc(S(=O)(=O)NCc2ccco2)cc1)N1CC[NH+](Cc2ccccc2)CC1. The largest absolute Gasteiger partial charge is 0.468 e. The van der Waals surface area contributed by atoms with Crippen molar-refractivity contribution in [3.8, 4) is 0 Å². The molecule has 7 nitrogen and oxygen atoms in total. The molecule has 1 amide bonds. The van der Waals surface area contributed by atoms with Crippen LogP contribution in [0.5, 0.6) is 0 Å². The van der Waals surface area contributed by atoms with Crippen LogP contribution in [0.2, 0.25) is 0 Å². The third-order valence-corrected chi connectivity index (χ3v) is 6.90. The van der Waals surface area contributed by atoms with E-state index in [1.54, 1.807) is 24.3 Å². The van der Waals surface area contributed by atoms with E-state index in [1.165, 1.54) is 28.9 Å². The summed E-state index contributed by atoms with van der Waals surface area (Å²) in [5.41, 5.74) is 1.80. The summed E-state index contributed by atoms with van der Waals surface area (Å²) in [6.07, 6.45) is 1.49. The van der Waals surface area contributed by atoms with Gasteiger partial charge in [-0.05, 0) is 36.4 Å². The fraction of sp³-hybridized carbons (Fsp3) is 0.261. The van der Waals surface area contributed by atoms with Crippen molar-refractivity contribution < 1.29 is 22.5 Å². The maximum absolute atomic E-state index is 12.8. The highest BCUT2D eigenvalue weighted by atomic mass is 32.2. The van der Waals surface area contributed by atoms with Gasteiger partial charge in [-0.3, -0.25) is 4.79 Å². The summed E-state index contributed by atoms with van der Waals surface area (Å²) in [4.78, 5) is 16.3. The lowest BCUT2D eigenvalue weighted by molar-refractivity contribution is -0.917. The number of furan rings is 1. The number of nitrogens with zero attached hydrogens (tertiary/aromatic N) is 1. The molecule has 0 saturated carbocycles. The number of carbonyl (C=O) groups excluding carboxylic acids is 1. The van der Waals surface area contributed by atoms with E-state index in [0.29, 0.717) is 24.4 Å². The third-order valence-electron chi connectivity index (χ3n) is 5.48. The van der Waals surface area contributed by atoms with Gasteiger partial charge < -0.3 is 14.2 Å². The van der Waals surface area contributed by atoms with Crippen LogP contribution in [0.3, 0.4) is 0 Å². The fourth-order valence-electron chi connectivity index (χ4n) is 3.71. The van der Waals surface area contributed by atoms with Gasteiger partial charge in [-0.2, -0.15) is 0 Å². The topological polar surface area (TPSA) is 84.1 Å². The van der Waals surface area contributed by atoms with E-state index >= 15 is 0 Å². The number of piperazine rings is 1. The van der Waals surface area contributed by atoms with Crippen molar-refractivity contribution in [2.75, 3.05) is 26.2 Å². The van der Waals surface area contributed by atoms with Crippen molar-refractivity contribution >= 4 is 15.9 Å². The minimum atomic E-state index is -3.68. The molecule has 2 heterocycles. The van der Waals surface area contributed by atoms with Gasteiger partial charge >= 0.3 is 0 Å². The van der Waals surface area contributed by atoms with Gasteiger partial charge in [-0.15, -0.1) is 0 Å². The van der Waals surface area contributed by atoms with E-state index in [4.69, 9.17) is 4.42 Å². The number of sulfonamides is 1. The number of carbonyl (C=O) groups is 1. The first-order valence-corrected chi connectivity index (χ1v) is 11.8. The van der Waals surface area contributed by atoms with E-state index in [1.807, 2.05) is 23.1 Å². The Morgan fingerprint density at radius 1 is 0.968 bits per heavy atom. The molecule has 4 rings (SSSR count). The summed E-state index contributed by atoms with van der Waals surface area (Å²) in [5.74, 6) is 0.468. The van der Waals surface area contributed by atoms with Gasteiger partial charge in [0.1, 0.15) is 12.3 Å². The number of quaternary nitrogens is 1. The zero-order chi connectivity index (χ0) is 21.7. The Bertz CT molecular complexity index is 1090. The lowest BCUT2D eigenvalue weighted by Crippen LogP contribution is -3.13. The second-order valence-electron chi connectivity index (χ2n) is 7.63. The van der Waals surface area contributed by atoms with Gasteiger partial charge in [0, 0.05) is 11.1 Å². The molecule has 162 valence electrons. The van der Waals surface area contributed by atoms with Gasteiger partial charge in [0.05, 0.1) is 43.9 Å². The fourth-order valence-corrected chi connectivity index (χ4v) is 4.70. The van der Waals surface area contributed by atoms with Gasteiger partial charge in [-0.25, -0.2) is 13.1 Å². The molecule has 2 aromatic carbocycles. The van der Waals surface area contributed by atoms with Crippen LogP contribution >= 0.6 is 0 Å². The third kappa shape index (κ3) is 5.41. The number of hydrogen-bond acceptors (Lipinski definition) is 4. The van der Waals surface area contributed by atoms with Crippen LogP contribution in [-0.4, -0.2) is 45.4 Å². The summed E-state index contributed by atoms with van der Waals surface area (Å²) < 4.78 is 32.5. The molecule has 0 aliphatic carbocycles. The first-order valence-electron chi connectivity index (χ1n) is 10.3.